The SMILES string of the molecule is O=C(O)CC(O)(C(=O)O)C(O)C(=O)O.O=C(O)CC(O)(C(=O)O)C(O)C(=O)O.O=COC(O)(CC(=O)O)C(O)C(=O)O.O=COC(O)(CC(=O)O)C(O)C(=O)O. The van der Waals surface area contributed by atoms with E-state index in [1.807, 2.05) is 0 Å². The molecule has 0 radical (unpaired) electrons. The second kappa shape index (κ2) is 23.9. The van der Waals surface area contributed by atoms with Crippen LogP contribution in [0.5, 0.6) is 0 Å². The lowest BCUT2D eigenvalue weighted by Crippen LogP contribution is -2.54. The molecule has 0 saturated carbocycles. The van der Waals surface area contributed by atoms with Gasteiger partial charge in [-0.15, -0.1) is 0 Å². The van der Waals surface area contributed by atoms with Crippen molar-refractivity contribution in [2.75, 3.05) is 0 Å². The van der Waals surface area contributed by atoms with Crippen molar-refractivity contribution < 1.29 is 159 Å². The van der Waals surface area contributed by atoms with E-state index in [1.165, 1.54) is 0 Å². The number of aliphatic hydroxyl groups is 8. The molecule has 0 aliphatic carbocycles. The Bertz CT molecular complexity index is 1360. The van der Waals surface area contributed by atoms with Gasteiger partial charge in [-0.05, 0) is 0 Å². The Morgan fingerprint density at radius 2 is 0.589 bits per heavy atom. The number of hydrogen-bond acceptors (Lipinski definition) is 22. The number of rotatable bonds is 22. The second-order valence-electron chi connectivity index (χ2n) is 9.82. The van der Waals surface area contributed by atoms with Crippen molar-refractivity contribution >= 4 is 72.6 Å². The fourth-order valence-corrected chi connectivity index (χ4v) is 2.84. The molecule has 18 N–H and O–H groups in total. The summed E-state index contributed by atoms with van der Waals surface area (Å²) in [6.45, 7) is -0.704. The van der Waals surface area contributed by atoms with E-state index in [9.17, 15) is 57.5 Å². The molecule has 8 atom stereocenters. The van der Waals surface area contributed by atoms with Crippen LogP contribution in [0, 0.1) is 0 Å². The fraction of sp³-hybridized carbons (Fsp3) is 0.500. The Labute approximate surface area is 305 Å². The summed E-state index contributed by atoms with van der Waals surface area (Å²) in [4.78, 5) is 122. The smallest absolute Gasteiger partial charge is 0.339 e. The fourth-order valence-electron chi connectivity index (χ4n) is 2.84. The Morgan fingerprint density at radius 1 is 0.393 bits per heavy atom. The summed E-state index contributed by atoms with van der Waals surface area (Å²) >= 11 is 0. The first-order chi connectivity index (χ1) is 25.1. The zero-order valence-corrected chi connectivity index (χ0v) is 27.1. The molecule has 32 nitrogen and oxygen atoms in total. The third-order valence-electron chi connectivity index (χ3n) is 5.59. The number of carboxylic acids is 10. The average molecular weight is 832 g/mol. The van der Waals surface area contributed by atoms with Crippen molar-refractivity contribution in [3.05, 3.63) is 0 Å². The van der Waals surface area contributed by atoms with Gasteiger partial charge in [-0.25, -0.2) is 28.8 Å². The number of carboxylic acid groups (broad SMARTS) is 10. The molecule has 0 bridgehead atoms. The third-order valence-corrected chi connectivity index (χ3v) is 5.59. The molecule has 8 unspecified atom stereocenters. The maximum atomic E-state index is 10.4. The van der Waals surface area contributed by atoms with Crippen molar-refractivity contribution in [3.63, 3.8) is 0 Å². The van der Waals surface area contributed by atoms with Gasteiger partial charge in [0.05, 0.1) is 12.8 Å². The molecule has 320 valence electrons. The van der Waals surface area contributed by atoms with Crippen LogP contribution in [0.4, 0.5) is 0 Å². The van der Waals surface area contributed by atoms with E-state index in [0.29, 0.717) is 0 Å². The lowest BCUT2D eigenvalue weighted by Gasteiger charge is -2.26. The van der Waals surface area contributed by atoms with E-state index < -0.39 is 133 Å². The molecule has 0 aromatic carbocycles. The predicted molar refractivity (Wildman–Crippen MR) is 153 cm³/mol. The van der Waals surface area contributed by atoms with E-state index in [4.69, 9.17) is 91.9 Å². The summed E-state index contributed by atoms with van der Waals surface area (Å²) in [5, 5.41) is 154. The van der Waals surface area contributed by atoms with Crippen molar-refractivity contribution in [2.45, 2.75) is 72.9 Å². The number of aliphatic hydroxyl groups excluding tert-OH is 4. The molecule has 0 rings (SSSR count). The first-order valence-corrected chi connectivity index (χ1v) is 13.2. The van der Waals surface area contributed by atoms with Gasteiger partial charge in [0.15, 0.2) is 12.2 Å². The maximum absolute atomic E-state index is 10.4. The number of ether oxygens (including phenoxy) is 2. The van der Waals surface area contributed by atoms with Crippen LogP contribution in [0.3, 0.4) is 0 Å². The minimum atomic E-state index is -3.22. The van der Waals surface area contributed by atoms with Gasteiger partial charge in [-0.2, -0.15) is 0 Å². The van der Waals surface area contributed by atoms with E-state index in [-0.39, 0.29) is 12.9 Å². The quantitative estimate of drug-likeness (QED) is 0.0356. The molecule has 0 fully saturated rings. The molecule has 0 spiro atoms. The molecular weight excluding hydrogens is 800 g/mol. The second-order valence-corrected chi connectivity index (χ2v) is 9.82. The monoisotopic (exact) mass is 832 g/mol. The van der Waals surface area contributed by atoms with Gasteiger partial charge in [0.25, 0.3) is 24.5 Å². The summed E-state index contributed by atoms with van der Waals surface area (Å²) < 4.78 is 7.65. The molecule has 0 aromatic rings. The van der Waals surface area contributed by atoms with Crippen LogP contribution in [-0.2, 0) is 67.0 Å². The van der Waals surface area contributed by atoms with E-state index >= 15 is 0 Å². The Hall–Kier alpha value is -6.68. The van der Waals surface area contributed by atoms with Crippen LogP contribution in [0.1, 0.15) is 25.7 Å². The molecule has 0 amide bonds. The first kappa shape index (κ1) is 56.1. The van der Waals surface area contributed by atoms with E-state index in [1.54, 1.807) is 0 Å². The summed E-state index contributed by atoms with van der Waals surface area (Å²) in [5.41, 5.74) is -6.45. The van der Waals surface area contributed by atoms with Gasteiger partial charge in [0.1, 0.15) is 12.8 Å². The molecule has 0 aromatic heterocycles. The van der Waals surface area contributed by atoms with Gasteiger partial charge in [-0.3, -0.25) is 28.8 Å². The topological polar surface area (TPSA) is 587 Å². The number of carbonyl (C=O) groups excluding carboxylic acids is 2. The van der Waals surface area contributed by atoms with Crippen molar-refractivity contribution in [3.8, 4) is 0 Å². The molecule has 0 heterocycles. The lowest BCUT2D eigenvalue weighted by atomic mass is 9.93. The zero-order chi connectivity index (χ0) is 45.7. The molecule has 32 heteroatoms. The van der Waals surface area contributed by atoms with Gasteiger partial charge in [0, 0.05) is 0 Å². The molecule has 0 aliphatic heterocycles. The molecule has 0 saturated heterocycles. The van der Waals surface area contributed by atoms with Crippen LogP contribution in [-0.4, -0.2) is 212 Å². The Morgan fingerprint density at radius 3 is 0.714 bits per heavy atom. The van der Waals surface area contributed by atoms with Gasteiger partial charge < -0.3 is 101 Å². The normalized spacial score (nSPS) is 16.6. The highest BCUT2D eigenvalue weighted by molar-refractivity contribution is 5.91. The standard InChI is InChI=1S/4C6H8O8/c2*7-2-14-6(13,1-3(8)9)4(10)5(11)12;2*7-2(8)1-6(14,5(12)13)3(9)4(10)11/h2*2,4,10,13H,1H2,(H,8,9)(H,11,12);2*3,9,14H,1H2,(H,7,8)(H,10,11)(H,12,13). The predicted octanol–water partition coefficient (Wildman–Crippen LogP) is -9.02. The minimum absolute atomic E-state index is 0.352. The van der Waals surface area contributed by atoms with Crippen LogP contribution in [0.2, 0.25) is 0 Å². The highest BCUT2D eigenvalue weighted by Gasteiger charge is 2.51. The summed E-state index contributed by atoms with van der Waals surface area (Å²) in [5.74, 6) is -24.7. The van der Waals surface area contributed by atoms with Gasteiger partial charge in [0.2, 0.25) is 23.4 Å². The Kier molecular flexibility index (Phi) is 23.9. The highest BCUT2D eigenvalue weighted by atomic mass is 16.7. The van der Waals surface area contributed by atoms with Crippen molar-refractivity contribution in [2.24, 2.45) is 0 Å². The zero-order valence-electron chi connectivity index (χ0n) is 27.1. The lowest BCUT2D eigenvalue weighted by molar-refractivity contribution is -0.244. The third kappa shape index (κ3) is 18.9. The summed E-state index contributed by atoms with van der Waals surface area (Å²) in [6.07, 6.45) is -15.7. The van der Waals surface area contributed by atoms with Gasteiger partial charge in [-0.1, -0.05) is 0 Å². The van der Waals surface area contributed by atoms with Gasteiger partial charge >= 0.3 is 59.7 Å². The van der Waals surface area contributed by atoms with Crippen LogP contribution in [0.25, 0.3) is 0 Å². The summed E-state index contributed by atoms with van der Waals surface area (Å²) in [6, 6.07) is 0. The van der Waals surface area contributed by atoms with E-state index in [2.05, 4.69) is 9.47 Å². The van der Waals surface area contributed by atoms with Crippen molar-refractivity contribution in [1.29, 1.82) is 0 Å². The maximum Gasteiger partial charge on any atom is 0.339 e. The minimum Gasteiger partial charge on any atom is -0.481 e. The van der Waals surface area contributed by atoms with Crippen LogP contribution >= 0.6 is 0 Å². The average Bonchev–Trinajstić information content (AvgIpc) is 3.02. The van der Waals surface area contributed by atoms with Crippen LogP contribution in [0.15, 0.2) is 0 Å². The largest absolute Gasteiger partial charge is 0.481 e. The highest BCUT2D eigenvalue weighted by Crippen LogP contribution is 2.19. The summed E-state index contributed by atoms with van der Waals surface area (Å²) in [7, 11) is 0. The van der Waals surface area contributed by atoms with E-state index in [0.717, 1.165) is 0 Å². The molecule has 0 aliphatic rings. The first-order valence-electron chi connectivity index (χ1n) is 13.2. The Balaban J connectivity index is -0.000000322. The number of hydrogen-bond donors (Lipinski definition) is 18. The molecular formula is C24H32O32. The van der Waals surface area contributed by atoms with Crippen molar-refractivity contribution in [1.82, 2.24) is 0 Å². The number of aliphatic carboxylic acids is 10. The molecule has 56 heavy (non-hydrogen) atoms. The number of carbonyl (C=O) groups is 12. The van der Waals surface area contributed by atoms with Crippen LogP contribution < -0.4 is 0 Å².